The first kappa shape index (κ1) is 48.1. The fourth-order valence-electron chi connectivity index (χ4n) is 6.12. The normalized spacial score (nSPS) is 13.1. The van der Waals surface area contributed by atoms with Gasteiger partial charge in [-0.05, 0) is 38.5 Å². The third-order valence-corrected chi connectivity index (χ3v) is 9.40. The monoisotopic (exact) mass is 710 g/mol. The van der Waals surface area contributed by atoms with E-state index >= 15 is 0 Å². The van der Waals surface area contributed by atoms with Crippen molar-refractivity contribution in [2.24, 2.45) is 0 Å². The Labute approximate surface area is 308 Å². The average Bonchev–Trinajstić information content (AvgIpc) is 3.06. The molecule has 294 valence electrons. The number of hydrogen-bond donors (Lipinski definition) is 0. The number of unbranched alkanes of at least 4 members (excludes halogenated alkanes) is 21. The van der Waals surface area contributed by atoms with Gasteiger partial charge in [-0.3, -0.25) is 9.59 Å². The Kier molecular flexibility index (Phi) is 32.9. The number of hydrogen-bond acceptors (Lipinski definition) is 7. The topological polar surface area (TPSA) is 102 Å². The van der Waals surface area contributed by atoms with Gasteiger partial charge in [-0.2, -0.15) is 0 Å². The van der Waals surface area contributed by atoms with Crippen molar-refractivity contribution in [2.45, 2.75) is 199 Å². The third kappa shape index (κ3) is 32.0. The van der Waals surface area contributed by atoms with Crippen LogP contribution in [0.3, 0.4) is 0 Å². The number of likely N-dealkylation sites (N-methyl/N-ethyl adjacent to an activating group) is 1. The molecule has 0 amide bonds. The van der Waals surface area contributed by atoms with E-state index in [4.69, 9.17) is 14.2 Å². The summed E-state index contributed by atoms with van der Waals surface area (Å²) in [7, 11) is 5.40. The van der Waals surface area contributed by atoms with E-state index in [9.17, 15) is 19.5 Å². The molecule has 0 fully saturated rings. The Morgan fingerprint density at radius 2 is 1.00 bits per heavy atom. The van der Waals surface area contributed by atoms with Crippen molar-refractivity contribution in [2.75, 3.05) is 41.0 Å². The van der Waals surface area contributed by atoms with Crippen LogP contribution in [0.2, 0.25) is 0 Å². The van der Waals surface area contributed by atoms with Crippen molar-refractivity contribution in [3.8, 4) is 0 Å². The van der Waals surface area contributed by atoms with Crippen molar-refractivity contribution in [3.63, 3.8) is 0 Å². The van der Waals surface area contributed by atoms with Crippen molar-refractivity contribution in [3.05, 3.63) is 12.2 Å². The standard InChI is InChI=1S/C42H79NO7/c1-6-8-10-12-14-15-16-17-18-19-20-21-22-23-24-25-27-28-30-32-40(44)49-37-38(36-48-35-34-39(42(46)47)43(3,4)5)50-41(45)33-31-29-26-13-11-9-7-2/h19-20,38-39H,6-18,21-37H2,1-5H3/b20-19+. The van der Waals surface area contributed by atoms with E-state index in [2.05, 4.69) is 26.0 Å². The second kappa shape index (κ2) is 34.2. The number of allylic oxidation sites excluding steroid dienone is 2. The molecule has 0 aromatic rings. The average molecular weight is 710 g/mol. The number of carboxylic acids is 1. The van der Waals surface area contributed by atoms with Crippen LogP contribution in [0.5, 0.6) is 0 Å². The summed E-state index contributed by atoms with van der Waals surface area (Å²) < 4.78 is 17.1. The fourth-order valence-corrected chi connectivity index (χ4v) is 6.12. The molecule has 8 heteroatoms. The van der Waals surface area contributed by atoms with Crippen LogP contribution in [0.4, 0.5) is 0 Å². The van der Waals surface area contributed by atoms with Crippen LogP contribution in [-0.2, 0) is 28.6 Å². The van der Waals surface area contributed by atoms with Crippen molar-refractivity contribution < 1.29 is 38.2 Å². The van der Waals surface area contributed by atoms with Gasteiger partial charge < -0.3 is 28.6 Å². The maximum absolute atomic E-state index is 12.5. The SMILES string of the molecule is CCCCCCCCCC/C=C/CCCCCCCCCC(=O)OCC(COCCC(C(=O)[O-])[N+](C)(C)C)OC(=O)CCCCCCCCC. The smallest absolute Gasteiger partial charge is 0.306 e. The van der Waals surface area contributed by atoms with Gasteiger partial charge >= 0.3 is 11.9 Å². The fraction of sp³-hybridized carbons (Fsp3) is 0.881. The second-order valence-electron chi connectivity index (χ2n) is 15.2. The molecular weight excluding hydrogens is 630 g/mol. The number of nitrogens with zero attached hydrogens (tertiary/aromatic N) is 1. The largest absolute Gasteiger partial charge is 0.544 e. The van der Waals surface area contributed by atoms with Crippen LogP contribution >= 0.6 is 0 Å². The number of quaternary nitrogens is 1. The van der Waals surface area contributed by atoms with E-state index in [0.717, 1.165) is 38.5 Å². The van der Waals surface area contributed by atoms with Gasteiger partial charge in [-0.25, -0.2) is 0 Å². The molecule has 0 aliphatic heterocycles. The minimum Gasteiger partial charge on any atom is -0.544 e. The molecule has 0 bridgehead atoms. The molecule has 50 heavy (non-hydrogen) atoms. The Morgan fingerprint density at radius 1 is 0.580 bits per heavy atom. The number of carbonyl (C=O) groups is 3. The lowest BCUT2D eigenvalue weighted by molar-refractivity contribution is -0.889. The van der Waals surface area contributed by atoms with Crippen LogP contribution < -0.4 is 5.11 Å². The zero-order valence-electron chi connectivity index (χ0n) is 33.3. The molecule has 8 nitrogen and oxygen atoms in total. The zero-order chi connectivity index (χ0) is 37.1. The molecule has 0 radical (unpaired) electrons. The Hall–Kier alpha value is -1.93. The van der Waals surface area contributed by atoms with Crippen LogP contribution in [0, 0.1) is 0 Å². The highest BCUT2D eigenvalue weighted by Crippen LogP contribution is 2.14. The summed E-state index contributed by atoms with van der Waals surface area (Å²) in [4.78, 5) is 36.6. The van der Waals surface area contributed by atoms with Gasteiger partial charge in [0.05, 0.1) is 40.3 Å². The number of aliphatic carboxylic acids is 1. The predicted octanol–water partition coefficient (Wildman–Crippen LogP) is 9.41. The highest BCUT2D eigenvalue weighted by Gasteiger charge is 2.25. The molecule has 0 rings (SSSR count). The molecule has 0 saturated heterocycles. The lowest BCUT2D eigenvalue weighted by Crippen LogP contribution is -2.55. The van der Waals surface area contributed by atoms with Crippen molar-refractivity contribution >= 4 is 17.9 Å². The van der Waals surface area contributed by atoms with Crippen molar-refractivity contribution in [1.29, 1.82) is 0 Å². The molecule has 0 N–H and O–H groups in total. The minimum atomic E-state index is -1.13. The van der Waals surface area contributed by atoms with E-state index in [1.54, 1.807) is 21.1 Å². The summed E-state index contributed by atoms with van der Waals surface area (Å²) in [5, 5.41) is 11.6. The van der Waals surface area contributed by atoms with E-state index < -0.39 is 18.1 Å². The molecule has 0 aliphatic carbocycles. The summed E-state index contributed by atoms with van der Waals surface area (Å²) in [6, 6.07) is -0.720. The summed E-state index contributed by atoms with van der Waals surface area (Å²) in [5.74, 6) is -1.74. The van der Waals surface area contributed by atoms with Crippen LogP contribution in [-0.4, -0.2) is 75.5 Å². The highest BCUT2D eigenvalue weighted by atomic mass is 16.6. The highest BCUT2D eigenvalue weighted by molar-refractivity contribution is 5.70. The molecule has 2 atom stereocenters. The van der Waals surface area contributed by atoms with E-state index in [1.165, 1.54) is 116 Å². The van der Waals surface area contributed by atoms with Crippen LogP contribution in [0.1, 0.15) is 187 Å². The van der Waals surface area contributed by atoms with Gasteiger partial charge in [0.1, 0.15) is 12.6 Å². The lowest BCUT2D eigenvalue weighted by atomic mass is 10.1. The molecule has 0 saturated carbocycles. The molecule has 0 aliphatic rings. The Morgan fingerprint density at radius 3 is 1.44 bits per heavy atom. The van der Waals surface area contributed by atoms with E-state index in [-0.39, 0.29) is 42.7 Å². The Bertz CT molecular complexity index is 838. The molecule has 0 aromatic carbocycles. The first-order valence-corrected chi connectivity index (χ1v) is 20.7. The number of rotatable bonds is 37. The van der Waals surface area contributed by atoms with E-state index in [1.807, 2.05) is 0 Å². The molecule has 0 spiro atoms. The second-order valence-corrected chi connectivity index (χ2v) is 15.2. The summed E-state index contributed by atoms with van der Waals surface area (Å²) in [5.41, 5.74) is 0. The maximum Gasteiger partial charge on any atom is 0.306 e. The number of esters is 2. The molecule has 0 heterocycles. The lowest BCUT2D eigenvalue weighted by Gasteiger charge is -2.34. The number of carboxylic acid groups (broad SMARTS) is 1. The quantitative estimate of drug-likeness (QED) is 0.0274. The minimum absolute atomic E-state index is 0.0436. The number of ether oxygens (including phenoxy) is 3. The van der Waals surface area contributed by atoms with Gasteiger partial charge in [0.2, 0.25) is 0 Å². The van der Waals surface area contributed by atoms with E-state index in [0.29, 0.717) is 12.8 Å². The van der Waals surface area contributed by atoms with Gasteiger partial charge in [0.25, 0.3) is 0 Å². The van der Waals surface area contributed by atoms with Crippen LogP contribution in [0.25, 0.3) is 0 Å². The first-order chi connectivity index (χ1) is 24.1. The predicted molar refractivity (Wildman–Crippen MR) is 204 cm³/mol. The van der Waals surface area contributed by atoms with Gasteiger partial charge in [0, 0.05) is 19.3 Å². The molecule has 2 unspecified atom stereocenters. The Balaban J connectivity index is 4.20. The van der Waals surface area contributed by atoms with Crippen molar-refractivity contribution in [1.82, 2.24) is 0 Å². The molecule has 0 aromatic heterocycles. The molecular formula is C42H79NO7. The van der Waals surface area contributed by atoms with Gasteiger partial charge in [-0.1, -0.05) is 142 Å². The third-order valence-electron chi connectivity index (χ3n) is 9.40. The summed E-state index contributed by atoms with van der Waals surface area (Å²) in [6.07, 6.45) is 33.9. The summed E-state index contributed by atoms with van der Waals surface area (Å²) in [6.45, 7) is 4.62. The summed E-state index contributed by atoms with van der Waals surface area (Å²) >= 11 is 0. The van der Waals surface area contributed by atoms with Gasteiger partial charge in [0.15, 0.2) is 6.10 Å². The van der Waals surface area contributed by atoms with Gasteiger partial charge in [-0.15, -0.1) is 0 Å². The maximum atomic E-state index is 12.5. The number of carbonyl (C=O) groups excluding carboxylic acids is 3. The zero-order valence-corrected chi connectivity index (χ0v) is 33.3. The van der Waals surface area contributed by atoms with Crippen LogP contribution in [0.15, 0.2) is 12.2 Å². The first-order valence-electron chi connectivity index (χ1n) is 20.7.